The van der Waals surface area contributed by atoms with Crippen molar-refractivity contribution >= 4 is 15.9 Å². The summed E-state index contributed by atoms with van der Waals surface area (Å²) >= 11 is 0. The fraction of sp³-hybridized carbons (Fsp3) is 0.412. The van der Waals surface area contributed by atoms with Crippen LogP contribution in [0, 0.1) is 0 Å². The highest BCUT2D eigenvalue weighted by Crippen LogP contribution is 2.09. The van der Waals surface area contributed by atoms with Crippen molar-refractivity contribution in [3.8, 4) is 0 Å². The van der Waals surface area contributed by atoms with E-state index in [9.17, 15) is 13.2 Å². The van der Waals surface area contributed by atoms with Gasteiger partial charge in [0.25, 0.3) is 5.91 Å². The Morgan fingerprint density at radius 3 is 2.85 bits per heavy atom. The molecule has 1 aromatic carbocycles. The smallest absolute Gasteiger partial charge is 0.254 e. The Morgan fingerprint density at radius 1 is 1.35 bits per heavy atom. The van der Waals surface area contributed by atoms with Crippen LogP contribution in [0.1, 0.15) is 15.9 Å². The van der Waals surface area contributed by atoms with E-state index in [0.29, 0.717) is 25.3 Å². The molecule has 1 fully saturated rings. The molecule has 0 spiro atoms. The van der Waals surface area contributed by atoms with E-state index in [1.807, 2.05) is 30.3 Å². The number of benzene rings is 1. The number of hydrogen-bond donors (Lipinski definition) is 1. The van der Waals surface area contributed by atoms with Crippen LogP contribution in [0.25, 0.3) is 0 Å². The zero-order chi connectivity index (χ0) is 18.6. The van der Waals surface area contributed by atoms with Crippen LogP contribution in [0.15, 0.2) is 42.7 Å². The summed E-state index contributed by atoms with van der Waals surface area (Å²) in [6.07, 6.45) is 4.02. The van der Waals surface area contributed by atoms with E-state index in [-0.39, 0.29) is 25.1 Å². The Hall–Kier alpha value is -2.23. The summed E-state index contributed by atoms with van der Waals surface area (Å²) in [5.74, 6) is -0.260. The Labute approximate surface area is 152 Å². The number of carbonyl (C=O) groups excluding carboxylic acids is 1. The molecule has 2 heterocycles. The lowest BCUT2D eigenvalue weighted by Gasteiger charge is -2.31. The van der Waals surface area contributed by atoms with Crippen molar-refractivity contribution in [2.75, 3.05) is 32.5 Å². The van der Waals surface area contributed by atoms with Crippen molar-refractivity contribution in [3.05, 3.63) is 53.9 Å². The van der Waals surface area contributed by atoms with Gasteiger partial charge in [0.05, 0.1) is 37.3 Å². The monoisotopic (exact) mass is 378 g/mol. The zero-order valence-corrected chi connectivity index (χ0v) is 15.4. The topological polar surface area (TPSA) is 93.5 Å². The summed E-state index contributed by atoms with van der Waals surface area (Å²) in [5, 5.41) is 6.99. The maximum absolute atomic E-state index is 12.3. The summed E-state index contributed by atoms with van der Waals surface area (Å²) in [4.78, 5) is 12.3. The van der Waals surface area contributed by atoms with Gasteiger partial charge < -0.3 is 10.1 Å². The Bertz CT molecular complexity index is 851. The molecule has 0 unspecified atom stereocenters. The van der Waals surface area contributed by atoms with E-state index >= 15 is 0 Å². The van der Waals surface area contributed by atoms with E-state index in [0.717, 1.165) is 5.56 Å². The molecule has 1 saturated heterocycles. The fourth-order valence-electron chi connectivity index (χ4n) is 2.76. The van der Waals surface area contributed by atoms with Gasteiger partial charge in [0.15, 0.2) is 0 Å². The number of ether oxygens (including phenoxy) is 1. The second-order valence-electron chi connectivity index (χ2n) is 6.24. The van der Waals surface area contributed by atoms with Gasteiger partial charge in [-0.3, -0.25) is 9.48 Å². The number of hydrogen-bond acceptors (Lipinski definition) is 5. The van der Waals surface area contributed by atoms with Gasteiger partial charge in [-0.2, -0.15) is 9.40 Å². The lowest BCUT2D eigenvalue weighted by Crippen LogP contribution is -2.49. The van der Waals surface area contributed by atoms with Gasteiger partial charge in [0.2, 0.25) is 10.0 Å². The molecule has 8 nitrogen and oxygen atoms in total. The predicted molar refractivity (Wildman–Crippen MR) is 96.3 cm³/mol. The molecular weight excluding hydrogens is 356 g/mol. The predicted octanol–water partition coefficient (Wildman–Crippen LogP) is 0.322. The standard InChI is InChI=1S/C17H22N4O4S/c1-26(23,24)21-7-8-25-16(13-21)10-18-17(22)15-9-19-20(12-15)11-14-5-3-2-4-6-14/h2-6,9,12,16H,7-8,10-11,13H2,1H3,(H,18,22)/t16-/m0/s1. The van der Waals surface area contributed by atoms with E-state index in [2.05, 4.69) is 10.4 Å². The number of rotatable bonds is 6. The highest BCUT2D eigenvalue weighted by molar-refractivity contribution is 7.88. The quantitative estimate of drug-likeness (QED) is 0.781. The molecular formula is C17H22N4O4S. The Morgan fingerprint density at radius 2 is 2.12 bits per heavy atom. The van der Waals surface area contributed by atoms with Crippen molar-refractivity contribution in [1.82, 2.24) is 19.4 Å². The van der Waals surface area contributed by atoms with Crippen molar-refractivity contribution in [3.63, 3.8) is 0 Å². The molecule has 1 aliphatic heterocycles. The normalized spacial score (nSPS) is 18.6. The van der Waals surface area contributed by atoms with Gasteiger partial charge >= 0.3 is 0 Å². The van der Waals surface area contributed by atoms with Gasteiger partial charge in [-0.25, -0.2) is 8.42 Å². The summed E-state index contributed by atoms with van der Waals surface area (Å²) in [6.45, 7) is 1.74. The molecule has 1 amide bonds. The fourth-order valence-corrected chi connectivity index (χ4v) is 3.61. The van der Waals surface area contributed by atoms with Gasteiger partial charge in [-0.05, 0) is 5.56 Å². The van der Waals surface area contributed by atoms with Crippen molar-refractivity contribution in [2.24, 2.45) is 0 Å². The number of nitrogens with zero attached hydrogens (tertiary/aromatic N) is 3. The second-order valence-corrected chi connectivity index (χ2v) is 8.22. The van der Waals surface area contributed by atoms with Gasteiger partial charge in [0, 0.05) is 25.8 Å². The summed E-state index contributed by atoms with van der Waals surface area (Å²) < 4.78 is 31.8. The van der Waals surface area contributed by atoms with E-state index in [4.69, 9.17) is 4.74 Å². The molecule has 0 bridgehead atoms. The minimum atomic E-state index is -3.25. The van der Waals surface area contributed by atoms with Crippen LogP contribution in [0.2, 0.25) is 0 Å². The van der Waals surface area contributed by atoms with E-state index < -0.39 is 10.0 Å². The SMILES string of the molecule is CS(=O)(=O)N1CCO[C@@H](CNC(=O)c2cnn(Cc3ccccc3)c2)C1. The molecule has 0 saturated carbocycles. The number of morpholine rings is 1. The van der Waals surface area contributed by atoms with Crippen LogP contribution in [-0.4, -0.2) is 67.0 Å². The van der Waals surface area contributed by atoms with Crippen LogP contribution in [0.4, 0.5) is 0 Å². The van der Waals surface area contributed by atoms with Crippen LogP contribution < -0.4 is 5.32 Å². The highest BCUT2D eigenvalue weighted by atomic mass is 32.2. The van der Waals surface area contributed by atoms with Gasteiger partial charge in [-0.15, -0.1) is 0 Å². The molecule has 3 rings (SSSR count). The van der Waals surface area contributed by atoms with Crippen molar-refractivity contribution in [1.29, 1.82) is 0 Å². The molecule has 1 atom stereocenters. The number of amides is 1. The highest BCUT2D eigenvalue weighted by Gasteiger charge is 2.26. The summed E-state index contributed by atoms with van der Waals surface area (Å²) in [7, 11) is -3.25. The molecule has 1 aliphatic rings. The third kappa shape index (κ3) is 4.90. The molecule has 1 N–H and O–H groups in total. The largest absolute Gasteiger partial charge is 0.374 e. The van der Waals surface area contributed by atoms with Crippen LogP contribution >= 0.6 is 0 Å². The van der Waals surface area contributed by atoms with Crippen LogP contribution in [0.5, 0.6) is 0 Å². The number of nitrogens with one attached hydrogen (secondary N) is 1. The maximum Gasteiger partial charge on any atom is 0.254 e. The second kappa shape index (κ2) is 7.98. The average molecular weight is 378 g/mol. The summed E-state index contributed by atoms with van der Waals surface area (Å²) in [6, 6.07) is 9.85. The first-order chi connectivity index (χ1) is 12.4. The van der Waals surface area contributed by atoms with Crippen LogP contribution in [0.3, 0.4) is 0 Å². The lowest BCUT2D eigenvalue weighted by atomic mass is 10.2. The van der Waals surface area contributed by atoms with Gasteiger partial charge in [0.1, 0.15) is 0 Å². The Balaban J connectivity index is 1.52. The Kier molecular flexibility index (Phi) is 5.70. The third-order valence-corrected chi connectivity index (χ3v) is 5.41. The summed E-state index contributed by atoms with van der Waals surface area (Å²) in [5.41, 5.74) is 1.55. The molecule has 2 aromatic rings. The first-order valence-electron chi connectivity index (χ1n) is 8.33. The van der Waals surface area contributed by atoms with Crippen molar-refractivity contribution < 1.29 is 17.9 Å². The molecule has 26 heavy (non-hydrogen) atoms. The molecule has 140 valence electrons. The minimum Gasteiger partial charge on any atom is -0.374 e. The third-order valence-electron chi connectivity index (χ3n) is 4.14. The van der Waals surface area contributed by atoms with Gasteiger partial charge in [-0.1, -0.05) is 30.3 Å². The van der Waals surface area contributed by atoms with E-state index in [1.54, 1.807) is 10.9 Å². The van der Waals surface area contributed by atoms with Crippen LogP contribution in [-0.2, 0) is 21.3 Å². The van der Waals surface area contributed by atoms with E-state index in [1.165, 1.54) is 16.8 Å². The molecule has 0 aliphatic carbocycles. The average Bonchev–Trinajstić information content (AvgIpc) is 3.09. The number of aromatic nitrogens is 2. The molecule has 1 aromatic heterocycles. The zero-order valence-electron chi connectivity index (χ0n) is 14.5. The molecule has 9 heteroatoms. The van der Waals surface area contributed by atoms with Crippen molar-refractivity contribution in [2.45, 2.75) is 12.6 Å². The minimum absolute atomic E-state index is 0.242. The first-order valence-corrected chi connectivity index (χ1v) is 10.2. The molecule has 0 radical (unpaired) electrons. The lowest BCUT2D eigenvalue weighted by molar-refractivity contribution is 0.000438. The number of sulfonamides is 1. The maximum atomic E-state index is 12.3. The first kappa shape index (κ1) is 18.6. The number of carbonyl (C=O) groups is 1.